The van der Waals surface area contributed by atoms with Crippen molar-refractivity contribution in [2.45, 2.75) is 13.5 Å². The van der Waals surface area contributed by atoms with Crippen molar-refractivity contribution in [3.8, 4) is 0 Å². The highest BCUT2D eigenvalue weighted by Crippen LogP contribution is 2.22. The molecule has 0 aliphatic carbocycles. The van der Waals surface area contributed by atoms with Crippen LogP contribution < -0.4 is 21.1 Å². The molecule has 1 aromatic heterocycles. The molecule has 1 aliphatic heterocycles. The number of benzene rings is 1. The van der Waals surface area contributed by atoms with E-state index < -0.39 is 0 Å². The summed E-state index contributed by atoms with van der Waals surface area (Å²) in [6, 6.07) is 8.43. The minimum Gasteiger partial charge on any atom is -0.379 e. The van der Waals surface area contributed by atoms with Crippen LogP contribution in [0.25, 0.3) is 0 Å². The van der Waals surface area contributed by atoms with Gasteiger partial charge in [0.05, 0.1) is 11.9 Å². The largest absolute Gasteiger partial charge is 0.379 e. The van der Waals surface area contributed by atoms with Gasteiger partial charge in [-0.3, -0.25) is 4.79 Å². The van der Waals surface area contributed by atoms with Gasteiger partial charge in [-0.15, -0.1) is 0 Å². The number of piperazine rings is 1. The quantitative estimate of drug-likeness (QED) is 0.885. The molecule has 1 saturated heterocycles. The first-order valence-corrected chi connectivity index (χ1v) is 7.97. The molecule has 1 aliphatic rings. The summed E-state index contributed by atoms with van der Waals surface area (Å²) >= 11 is 0. The monoisotopic (exact) mass is 313 g/mol. The number of hydrogen-bond donors (Lipinski definition) is 2. The Labute approximate surface area is 136 Å². The molecule has 2 heterocycles. The zero-order chi connectivity index (χ0) is 16.2. The summed E-state index contributed by atoms with van der Waals surface area (Å²) in [7, 11) is 1.67. The highest BCUT2D eigenvalue weighted by atomic mass is 16.1. The first-order valence-electron chi connectivity index (χ1n) is 7.97. The third kappa shape index (κ3) is 3.37. The number of para-hydroxylation sites is 1. The predicted molar refractivity (Wildman–Crippen MR) is 93.1 cm³/mol. The summed E-state index contributed by atoms with van der Waals surface area (Å²) in [6.45, 7) is 6.57. The molecular weight excluding hydrogens is 290 g/mol. The normalized spacial score (nSPS) is 14.8. The van der Waals surface area contributed by atoms with Crippen molar-refractivity contribution in [3.05, 3.63) is 51.9 Å². The number of rotatable bonds is 4. The minimum absolute atomic E-state index is 0.0645. The molecule has 0 spiro atoms. The van der Waals surface area contributed by atoms with E-state index in [0.29, 0.717) is 12.1 Å². The maximum atomic E-state index is 12.0. The molecule has 1 fully saturated rings. The predicted octanol–water partition coefficient (Wildman–Crippen LogP) is 1.11. The molecule has 3 rings (SSSR count). The van der Waals surface area contributed by atoms with Crippen LogP contribution in [0, 0.1) is 6.92 Å². The van der Waals surface area contributed by atoms with Crippen molar-refractivity contribution in [2.75, 3.05) is 36.4 Å². The second kappa shape index (κ2) is 6.83. The van der Waals surface area contributed by atoms with Crippen molar-refractivity contribution in [1.29, 1.82) is 0 Å². The molecule has 0 bridgehead atoms. The van der Waals surface area contributed by atoms with E-state index in [1.54, 1.807) is 13.2 Å². The molecule has 2 aromatic rings. The van der Waals surface area contributed by atoms with E-state index in [1.807, 2.05) is 6.92 Å². The van der Waals surface area contributed by atoms with E-state index in [-0.39, 0.29) is 5.56 Å². The van der Waals surface area contributed by atoms with Gasteiger partial charge in [-0.25, -0.2) is 4.68 Å². The molecule has 0 unspecified atom stereocenters. The molecule has 2 N–H and O–H groups in total. The lowest BCUT2D eigenvalue weighted by Crippen LogP contribution is -2.43. The van der Waals surface area contributed by atoms with Gasteiger partial charge < -0.3 is 15.5 Å². The molecule has 0 amide bonds. The minimum atomic E-state index is -0.0645. The average Bonchev–Trinajstić information content (AvgIpc) is 2.60. The molecule has 6 nitrogen and oxygen atoms in total. The molecular formula is C17H23N5O. The lowest BCUT2D eigenvalue weighted by atomic mass is 10.1. The fourth-order valence-corrected chi connectivity index (χ4v) is 2.89. The molecule has 23 heavy (non-hydrogen) atoms. The Balaban J connectivity index is 1.78. The zero-order valence-corrected chi connectivity index (χ0v) is 13.7. The summed E-state index contributed by atoms with van der Waals surface area (Å²) in [4.78, 5) is 14.4. The number of aryl methyl sites for hydroxylation is 1. The molecule has 0 atom stereocenters. The van der Waals surface area contributed by atoms with Crippen molar-refractivity contribution in [3.63, 3.8) is 0 Å². The second-order valence-electron chi connectivity index (χ2n) is 5.83. The van der Waals surface area contributed by atoms with Crippen LogP contribution in [-0.4, -0.2) is 36.0 Å². The Kier molecular flexibility index (Phi) is 4.62. The van der Waals surface area contributed by atoms with Crippen molar-refractivity contribution in [1.82, 2.24) is 15.1 Å². The third-order valence-corrected chi connectivity index (χ3v) is 4.30. The fourth-order valence-electron chi connectivity index (χ4n) is 2.89. The first kappa shape index (κ1) is 15.6. The van der Waals surface area contributed by atoms with E-state index in [4.69, 9.17) is 0 Å². The lowest BCUT2D eigenvalue weighted by Gasteiger charge is -2.31. The Bertz CT molecular complexity index is 734. The second-order valence-corrected chi connectivity index (χ2v) is 5.83. The van der Waals surface area contributed by atoms with Gasteiger partial charge in [-0.2, -0.15) is 5.10 Å². The van der Waals surface area contributed by atoms with Gasteiger partial charge in [0.2, 0.25) is 0 Å². The zero-order valence-electron chi connectivity index (χ0n) is 13.7. The molecule has 0 radical (unpaired) electrons. The van der Waals surface area contributed by atoms with E-state index in [2.05, 4.69) is 44.9 Å². The highest BCUT2D eigenvalue weighted by molar-refractivity contribution is 5.56. The average molecular weight is 313 g/mol. The van der Waals surface area contributed by atoms with Gasteiger partial charge in [0.1, 0.15) is 0 Å². The molecule has 122 valence electrons. The van der Waals surface area contributed by atoms with Crippen LogP contribution in [0.5, 0.6) is 0 Å². The van der Waals surface area contributed by atoms with Gasteiger partial charge in [0.25, 0.3) is 5.56 Å². The van der Waals surface area contributed by atoms with Crippen LogP contribution >= 0.6 is 0 Å². The first-order chi connectivity index (χ1) is 11.2. The number of anilines is 2. The SMILES string of the molecule is Cc1c(NCc2ccccc2N2CCNCC2)cnn(C)c1=O. The summed E-state index contributed by atoms with van der Waals surface area (Å²) in [6.07, 6.45) is 1.71. The maximum absolute atomic E-state index is 12.0. The van der Waals surface area contributed by atoms with E-state index in [1.165, 1.54) is 15.9 Å². The van der Waals surface area contributed by atoms with Gasteiger partial charge in [-0.1, -0.05) is 18.2 Å². The van der Waals surface area contributed by atoms with Gasteiger partial charge in [-0.05, 0) is 18.6 Å². The van der Waals surface area contributed by atoms with Crippen LogP contribution in [0.1, 0.15) is 11.1 Å². The Morgan fingerprint density at radius 2 is 2.00 bits per heavy atom. The molecule has 6 heteroatoms. The highest BCUT2D eigenvalue weighted by Gasteiger charge is 2.14. The van der Waals surface area contributed by atoms with Crippen LogP contribution in [0.2, 0.25) is 0 Å². The van der Waals surface area contributed by atoms with E-state index in [9.17, 15) is 4.79 Å². The van der Waals surface area contributed by atoms with Gasteiger partial charge in [0.15, 0.2) is 0 Å². The molecule has 1 aromatic carbocycles. The number of nitrogens with one attached hydrogen (secondary N) is 2. The standard InChI is InChI=1S/C17H23N5O/c1-13-15(12-20-21(2)17(13)23)19-11-14-5-3-4-6-16(14)22-9-7-18-8-10-22/h3-6,12,18-19H,7-11H2,1-2H3. The summed E-state index contributed by atoms with van der Waals surface area (Å²) in [5.41, 5.74) is 3.92. The van der Waals surface area contributed by atoms with E-state index in [0.717, 1.165) is 31.9 Å². The summed E-state index contributed by atoms with van der Waals surface area (Å²) in [5.74, 6) is 0. The summed E-state index contributed by atoms with van der Waals surface area (Å²) < 4.78 is 1.36. The van der Waals surface area contributed by atoms with Crippen LogP contribution in [0.3, 0.4) is 0 Å². The number of nitrogens with zero attached hydrogens (tertiary/aromatic N) is 3. The maximum Gasteiger partial charge on any atom is 0.271 e. The topological polar surface area (TPSA) is 62.2 Å². The van der Waals surface area contributed by atoms with E-state index >= 15 is 0 Å². The van der Waals surface area contributed by atoms with Crippen molar-refractivity contribution < 1.29 is 0 Å². The van der Waals surface area contributed by atoms with Crippen LogP contribution in [0.15, 0.2) is 35.3 Å². The van der Waals surface area contributed by atoms with Crippen molar-refractivity contribution in [2.24, 2.45) is 7.05 Å². The lowest BCUT2D eigenvalue weighted by molar-refractivity contribution is 0.588. The van der Waals surface area contributed by atoms with Crippen LogP contribution in [-0.2, 0) is 13.6 Å². The van der Waals surface area contributed by atoms with Crippen molar-refractivity contribution >= 4 is 11.4 Å². The summed E-state index contributed by atoms with van der Waals surface area (Å²) in [5, 5.41) is 10.8. The Morgan fingerprint density at radius 1 is 1.26 bits per heavy atom. The number of aromatic nitrogens is 2. The van der Waals surface area contributed by atoms with Gasteiger partial charge >= 0.3 is 0 Å². The third-order valence-electron chi connectivity index (χ3n) is 4.30. The van der Waals surface area contributed by atoms with Crippen LogP contribution in [0.4, 0.5) is 11.4 Å². The number of hydrogen-bond acceptors (Lipinski definition) is 5. The Morgan fingerprint density at radius 3 is 2.78 bits per heavy atom. The van der Waals surface area contributed by atoms with Gasteiger partial charge in [0, 0.05) is 51.0 Å². The molecule has 0 saturated carbocycles. The smallest absolute Gasteiger partial charge is 0.271 e. The Hall–Kier alpha value is -2.34. The fraction of sp³-hybridized carbons (Fsp3) is 0.412.